The van der Waals surface area contributed by atoms with Crippen LogP contribution in [0.15, 0.2) is 206 Å². The molecule has 0 saturated heterocycles. The average molecular weight is 751 g/mol. The molecular weight excluding hydrogens is 717 g/mol. The first-order valence-electron chi connectivity index (χ1n) is 18.9. The summed E-state index contributed by atoms with van der Waals surface area (Å²) >= 11 is 3.73. The van der Waals surface area contributed by atoms with E-state index in [-0.39, 0.29) is 0 Å². The molecule has 0 unspecified atom stereocenters. The van der Waals surface area contributed by atoms with Crippen LogP contribution in [0, 0.1) is 0 Å². The first-order chi connectivity index (χ1) is 27.8. The molecule has 2 aromatic heterocycles. The highest BCUT2D eigenvalue weighted by Crippen LogP contribution is 2.51. The summed E-state index contributed by atoms with van der Waals surface area (Å²) in [5.74, 6) is 0. The number of benzene rings is 9. The number of anilines is 6. The molecular formula is C52H34N2S2. The number of thiophene rings is 2. The van der Waals surface area contributed by atoms with Gasteiger partial charge in [0.2, 0.25) is 0 Å². The van der Waals surface area contributed by atoms with Gasteiger partial charge in [0.15, 0.2) is 0 Å². The van der Waals surface area contributed by atoms with E-state index in [4.69, 9.17) is 0 Å². The van der Waals surface area contributed by atoms with Crippen molar-refractivity contribution in [2.45, 2.75) is 0 Å². The van der Waals surface area contributed by atoms with Crippen LogP contribution in [-0.2, 0) is 0 Å². The molecule has 11 aromatic rings. The van der Waals surface area contributed by atoms with E-state index in [1.165, 1.54) is 67.9 Å². The Morgan fingerprint density at radius 2 is 0.786 bits per heavy atom. The summed E-state index contributed by atoms with van der Waals surface area (Å²) in [7, 11) is 0. The van der Waals surface area contributed by atoms with Crippen LogP contribution in [0.5, 0.6) is 0 Å². The fourth-order valence-corrected chi connectivity index (χ4v) is 10.6. The van der Waals surface area contributed by atoms with E-state index >= 15 is 0 Å². The number of fused-ring (bicyclic) bond motifs is 8. The van der Waals surface area contributed by atoms with Crippen molar-refractivity contribution < 1.29 is 0 Å². The molecule has 4 heteroatoms. The fourth-order valence-electron chi connectivity index (χ4n) is 8.31. The molecule has 0 radical (unpaired) electrons. The minimum Gasteiger partial charge on any atom is -0.310 e. The highest BCUT2D eigenvalue weighted by atomic mass is 32.1. The maximum Gasteiger partial charge on any atom is 0.0555 e. The molecule has 11 rings (SSSR count). The second-order valence-electron chi connectivity index (χ2n) is 14.1. The maximum absolute atomic E-state index is 2.47. The zero-order valence-electron chi connectivity index (χ0n) is 30.3. The number of hydrogen-bond acceptors (Lipinski definition) is 4. The van der Waals surface area contributed by atoms with Crippen molar-refractivity contribution >= 4 is 108 Å². The van der Waals surface area contributed by atoms with Gasteiger partial charge in [-0.3, -0.25) is 0 Å². The van der Waals surface area contributed by atoms with Crippen molar-refractivity contribution in [3.05, 3.63) is 206 Å². The first kappa shape index (κ1) is 32.7. The standard InChI is InChI=1S/C52H34N2S2/c1-4-15-35(16-5-1)36-27-29-39(30-28-36)54(40-31-32-48-44(33-40)42-22-12-13-25-47(42)55-48)46-34-50-51(43-23-11-10-21-41(43)46)52-45(24-14-26-49(52)56-50)53(37-17-6-2-7-18-37)38-19-8-3-9-20-38/h1-34H. The fraction of sp³-hybridized carbons (Fsp3) is 0. The molecule has 0 aliphatic rings. The Hall–Kier alpha value is -6.72. The van der Waals surface area contributed by atoms with Crippen LogP contribution in [0.25, 0.3) is 62.2 Å². The number of rotatable bonds is 7. The Labute approximate surface area is 333 Å². The topological polar surface area (TPSA) is 6.48 Å². The van der Waals surface area contributed by atoms with Gasteiger partial charge in [0.05, 0.1) is 11.4 Å². The van der Waals surface area contributed by atoms with Crippen LogP contribution in [0.4, 0.5) is 34.1 Å². The molecule has 264 valence electrons. The van der Waals surface area contributed by atoms with Crippen molar-refractivity contribution in [1.82, 2.24) is 0 Å². The van der Waals surface area contributed by atoms with Gasteiger partial charge in [-0.25, -0.2) is 0 Å². The third-order valence-corrected chi connectivity index (χ3v) is 13.1. The van der Waals surface area contributed by atoms with Gasteiger partial charge in [0.25, 0.3) is 0 Å². The van der Waals surface area contributed by atoms with Gasteiger partial charge in [-0.05, 0) is 95.4 Å². The first-order valence-corrected chi connectivity index (χ1v) is 20.6. The van der Waals surface area contributed by atoms with Crippen LogP contribution >= 0.6 is 22.7 Å². The van der Waals surface area contributed by atoms with Crippen molar-refractivity contribution in [2.24, 2.45) is 0 Å². The van der Waals surface area contributed by atoms with E-state index in [0.717, 1.165) is 28.4 Å². The summed E-state index contributed by atoms with van der Waals surface area (Å²) < 4.78 is 5.14. The van der Waals surface area contributed by atoms with Crippen LogP contribution in [0.1, 0.15) is 0 Å². The van der Waals surface area contributed by atoms with Crippen LogP contribution < -0.4 is 9.80 Å². The third kappa shape index (κ3) is 5.45. The van der Waals surface area contributed by atoms with Gasteiger partial charge in [-0.1, -0.05) is 127 Å². The summed E-state index contributed by atoms with van der Waals surface area (Å²) in [6.45, 7) is 0. The van der Waals surface area contributed by atoms with Crippen LogP contribution in [-0.4, -0.2) is 0 Å². The molecule has 2 nitrogen and oxygen atoms in total. The smallest absolute Gasteiger partial charge is 0.0555 e. The summed E-state index contributed by atoms with van der Waals surface area (Å²) in [5, 5.41) is 7.60. The highest BCUT2D eigenvalue weighted by molar-refractivity contribution is 7.26. The molecule has 0 bridgehead atoms. The average Bonchev–Trinajstić information content (AvgIpc) is 3.84. The van der Waals surface area contributed by atoms with Crippen LogP contribution in [0.2, 0.25) is 0 Å². The zero-order valence-corrected chi connectivity index (χ0v) is 32.0. The molecule has 0 atom stereocenters. The Morgan fingerprint density at radius 1 is 0.268 bits per heavy atom. The number of nitrogens with zero attached hydrogens (tertiary/aromatic N) is 2. The lowest BCUT2D eigenvalue weighted by atomic mass is 9.99. The van der Waals surface area contributed by atoms with Crippen molar-refractivity contribution in [1.29, 1.82) is 0 Å². The van der Waals surface area contributed by atoms with E-state index in [1.807, 2.05) is 22.7 Å². The van der Waals surface area contributed by atoms with E-state index in [9.17, 15) is 0 Å². The van der Waals surface area contributed by atoms with Crippen molar-refractivity contribution in [3.63, 3.8) is 0 Å². The van der Waals surface area contributed by atoms with Crippen LogP contribution in [0.3, 0.4) is 0 Å². The minimum absolute atomic E-state index is 1.12. The van der Waals surface area contributed by atoms with Gasteiger partial charge >= 0.3 is 0 Å². The predicted molar refractivity (Wildman–Crippen MR) is 245 cm³/mol. The quantitative estimate of drug-likeness (QED) is 0.160. The van der Waals surface area contributed by atoms with Gasteiger partial charge in [0, 0.05) is 68.5 Å². The van der Waals surface area contributed by atoms with E-state index in [2.05, 4.69) is 216 Å². The van der Waals surface area contributed by atoms with Gasteiger partial charge in [-0.15, -0.1) is 22.7 Å². The second kappa shape index (κ2) is 13.5. The van der Waals surface area contributed by atoms with Crippen molar-refractivity contribution in [2.75, 3.05) is 9.80 Å². The van der Waals surface area contributed by atoms with E-state index < -0.39 is 0 Å². The molecule has 0 N–H and O–H groups in total. The van der Waals surface area contributed by atoms with E-state index in [0.29, 0.717) is 0 Å². The number of hydrogen-bond donors (Lipinski definition) is 0. The summed E-state index contributed by atoms with van der Waals surface area (Å²) in [4.78, 5) is 4.87. The third-order valence-electron chi connectivity index (χ3n) is 10.8. The van der Waals surface area contributed by atoms with E-state index in [1.54, 1.807) is 0 Å². The lowest BCUT2D eigenvalue weighted by Crippen LogP contribution is -2.11. The monoisotopic (exact) mass is 750 g/mol. The van der Waals surface area contributed by atoms with Crippen molar-refractivity contribution in [3.8, 4) is 11.1 Å². The zero-order chi connectivity index (χ0) is 37.0. The minimum atomic E-state index is 1.12. The summed E-state index contributed by atoms with van der Waals surface area (Å²) in [6, 6.07) is 75.1. The van der Waals surface area contributed by atoms with Gasteiger partial charge in [0.1, 0.15) is 0 Å². The van der Waals surface area contributed by atoms with Gasteiger partial charge < -0.3 is 9.80 Å². The lowest BCUT2D eigenvalue weighted by Gasteiger charge is -2.28. The molecule has 0 fully saturated rings. The molecule has 0 aliphatic carbocycles. The Bertz CT molecular complexity index is 3150. The molecule has 0 saturated carbocycles. The molecule has 2 heterocycles. The normalized spacial score (nSPS) is 11.6. The maximum atomic E-state index is 2.47. The highest BCUT2D eigenvalue weighted by Gasteiger charge is 2.23. The molecule has 9 aromatic carbocycles. The number of para-hydroxylation sites is 2. The predicted octanol–water partition coefficient (Wildman–Crippen LogP) is 16.2. The Balaban J connectivity index is 1.17. The SMILES string of the molecule is c1ccc(-c2ccc(N(c3ccc4sc5ccccc5c4c3)c3cc4sc5cccc(N(c6ccccc6)c6ccccc6)c5c4c4ccccc34)cc2)cc1. The largest absolute Gasteiger partial charge is 0.310 e. The Kier molecular flexibility index (Phi) is 7.90. The molecule has 0 amide bonds. The second-order valence-corrected chi connectivity index (χ2v) is 16.3. The Morgan fingerprint density at radius 3 is 1.52 bits per heavy atom. The molecule has 0 spiro atoms. The molecule has 0 aliphatic heterocycles. The molecule has 56 heavy (non-hydrogen) atoms. The summed E-state index contributed by atoms with van der Waals surface area (Å²) in [6.07, 6.45) is 0. The lowest BCUT2D eigenvalue weighted by molar-refractivity contribution is 1.30. The summed E-state index contributed by atoms with van der Waals surface area (Å²) in [5.41, 5.74) is 9.27. The van der Waals surface area contributed by atoms with Gasteiger partial charge in [-0.2, -0.15) is 0 Å².